The molecule has 1 saturated carbocycles. The second kappa shape index (κ2) is 10.1. The van der Waals surface area contributed by atoms with E-state index in [-0.39, 0.29) is 30.3 Å². The van der Waals surface area contributed by atoms with Gasteiger partial charge < -0.3 is 20.5 Å². The van der Waals surface area contributed by atoms with Gasteiger partial charge in [0, 0.05) is 18.4 Å². The van der Waals surface area contributed by atoms with E-state index in [2.05, 4.69) is 34.9 Å². The van der Waals surface area contributed by atoms with Crippen LogP contribution in [-0.2, 0) is 14.3 Å². The van der Waals surface area contributed by atoms with Gasteiger partial charge in [0.15, 0.2) is 0 Å². The van der Waals surface area contributed by atoms with Crippen molar-refractivity contribution in [2.75, 3.05) is 13.2 Å². The fourth-order valence-corrected chi connectivity index (χ4v) is 5.39. The summed E-state index contributed by atoms with van der Waals surface area (Å²) in [6.45, 7) is 5.92. The zero-order chi connectivity index (χ0) is 25.2. The van der Waals surface area contributed by atoms with E-state index in [1.54, 1.807) is 20.8 Å². The molecule has 2 aromatic carbocycles. The number of hydrogen-bond acceptors (Lipinski definition) is 4. The van der Waals surface area contributed by atoms with Crippen molar-refractivity contribution in [2.24, 2.45) is 17.3 Å². The predicted octanol–water partition coefficient (Wildman–Crippen LogP) is 4.56. The third kappa shape index (κ3) is 5.34. The normalized spacial score (nSPS) is 20.0. The fourth-order valence-electron chi connectivity index (χ4n) is 5.39. The van der Waals surface area contributed by atoms with Crippen LogP contribution < -0.4 is 10.6 Å². The Kier molecular flexibility index (Phi) is 7.15. The number of carboxylic acid groups (broad SMARTS) is 1. The lowest BCUT2D eigenvalue weighted by Crippen LogP contribution is -2.51. The number of fused-ring (bicyclic) bond motifs is 3. The van der Waals surface area contributed by atoms with Gasteiger partial charge in [-0.3, -0.25) is 4.79 Å². The Morgan fingerprint density at radius 2 is 1.60 bits per heavy atom. The Morgan fingerprint density at radius 1 is 1.00 bits per heavy atom. The van der Waals surface area contributed by atoms with Gasteiger partial charge in [0.2, 0.25) is 5.91 Å². The molecule has 0 bridgehead atoms. The number of benzene rings is 2. The van der Waals surface area contributed by atoms with Crippen LogP contribution in [-0.4, -0.2) is 42.3 Å². The standard InChI is InChI=1S/C28H34N2O5/c1-28(2,3)24(26(32)33)30-25(31)18-14-8-9-17(18)15-29-27(34)35-16-23-21-12-6-4-10-19(21)20-11-5-7-13-22(20)23/h4-7,10-13,17-18,23-24H,8-9,14-16H2,1-3H3,(H,29,34)(H,30,31)(H,32,33)/t17?,18?,24-/m0/s1. The van der Waals surface area contributed by atoms with E-state index in [0.29, 0.717) is 13.0 Å². The second-order valence-electron chi connectivity index (χ2n) is 10.6. The quantitative estimate of drug-likeness (QED) is 0.541. The smallest absolute Gasteiger partial charge is 0.407 e. The Labute approximate surface area is 206 Å². The highest BCUT2D eigenvalue weighted by atomic mass is 16.5. The summed E-state index contributed by atoms with van der Waals surface area (Å²) < 4.78 is 5.61. The van der Waals surface area contributed by atoms with Crippen molar-refractivity contribution in [1.29, 1.82) is 0 Å². The van der Waals surface area contributed by atoms with E-state index in [1.807, 2.05) is 24.3 Å². The topological polar surface area (TPSA) is 105 Å². The number of amides is 2. The lowest BCUT2D eigenvalue weighted by molar-refractivity contribution is -0.145. The van der Waals surface area contributed by atoms with Gasteiger partial charge in [-0.05, 0) is 46.4 Å². The summed E-state index contributed by atoms with van der Waals surface area (Å²) in [6, 6.07) is 15.4. The monoisotopic (exact) mass is 478 g/mol. The average Bonchev–Trinajstić information content (AvgIpc) is 3.41. The largest absolute Gasteiger partial charge is 0.480 e. The minimum Gasteiger partial charge on any atom is -0.480 e. The second-order valence-corrected chi connectivity index (χ2v) is 10.6. The van der Waals surface area contributed by atoms with Crippen molar-refractivity contribution in [1.82, 2.24) is 10.6 Å². The summed E-state index contributed by atoms with van der Waals surface area (Å²) in [5.41, 5.74) is 4.05. The first kappa shape index (κ1) is 24.8. The molecule has 2 aliphatic rings. The molecule has 2 aliphatic carbocycles. The van der Waals surface area contributed by atoms with Crippen molar-refractivity contribution < 1.29 is 24.2 Å². The predicted molar refractivity (Wildman–Crippen MR) is 133 cm³/mol. The lowest BCUT2D eigenvalue weighted by atomic mass is 9.85. The van der Waals surface area contributed by atoms with Crippen molar-refractivity contribution in [3.8, 4) is 11.1 Å². The Morgan fingerprint density at radius 3 is 2.17 bits per heavy atom. The van der Waals surface area contributed by atoms with Gasteiger partial charge in [-0.1, -0.05) is 75.7 Å². The van der Waals surface area contributed by atoms with Crippen LogP contribution in [0.2, 0.25) is 0 Å². The van der Waals surface area contributed by atoms with Crippen LogP contribution >= 0.6 is 0 Å². The Hall–Kier alpha value is -3.35. The number of carbonyl (C=O) groups excluding carboxylic acids is 2. The highest BCUT2D eigenvalue weighted by Gasteiger charge is 2.38. The van der Waals surface area contributed by atoms with E-state index in [1.165, 1.54) is 11.1 Å². The van der Waals surface area contributed by atoms with E-state index >= 15 is 0 Å². The van der Waals surface area contributed by atoms with Crippen molar-refractivity contribution in [2.45, 2.75) is 52.0 Å². The molecule has 2 unspecified atom stereocenters. The van der Waals surface area contributed by atoms with Gasteiger partial charge in [-0.25, -0.2) is 9.59 Å². The van der Waals surface area contributed by atoms with Gasteiger partial charge in [-0.15, -0.1) is 0 Å². The molecule has 0 heterocycles. The van der Waals surface area contributed by atoms with Crippen LogP contribution in [0.3, 0.4) is 0 Å². The first-order valence-electron chi connectivity index (χ1n) is 12.3. The summed E-state index contributed by atoms with van der Waals surface area (Å²) in [5, 5.41) is 15.1. The molecule has 0 spiro atoms. The first-order chi connectivity index (χ1) is 16.7. The SMILES string of the molecule is CC(C)(C)[C@@H](NC(=O)C1CCCC1CNC(=O)OCC1c2ccccc2-c2ccccc21)C(=O)O. The Bertz CT molecular complexity index is 1060. The number of aliphatic carboxylic acids is 1. The number of hydrogen-bond donors (Lipinski definition) is 3. The van der Waals surface area contributed by atoms with Crippen LogP contribution in [0.4, 0.5) is 4.79 Å². The van der Waals surface area contributed by atoms with Crippen molar-refractivity contribution in [3.63, 3.8) is 0 Å². The maximum Gasteiger partial charge on any atom is 0.407 e. The van der Waals surface area contributed by atoms with Crippen LogP contribution in [0.1, 0.15) is 57.1 Å². The number of ether oxygens (including phenoxy) is 1. The highest BCUT2D eigenvalue weighted by molar-refractivity contribution is 5.86. The van der Waals surface area contributed by atoms with Gasteiger partial charge in [-0.2, -0.15) is 0 Å². The number of carbonyl (C=O) groups is 3. The van der Waals surface area contributed by atoms with Gasteiger partial charge >= 0.3 is 12.1 Å². The summed E-state index contributed by atoms with van der Waals surface area (Å²) in [4.78, 5) is 37.1. The molecular weight excluding hydrogens is 444 g/mol. The molecule has 7 heteroatoms. The summed E-state index contributed by atoms with van der Waals surface area (Å²) in [5.74, 6) is -1.69. The fraction of sp³-hybridized carbons (Fsp3) is 0.464. The molecule has 3 atom stereocenters. The van der Waals surface area contributed by atoms with Gasteiger partial charge in [0.05, 0.1) is 0 Å². The summed E-state index contributed by atoms with van der Waals surface area (Å²) in [7, 11) is 0. The molecule has 4 rings (SSSR count). The first-order valence-corrected chi connectivity index (χ1v) is 12.3. The van der Waals surface area contributed by atoms with Crippen LogP contribution in [0, 0.1) is 17.3 Å². The minimum absolute atomic E-state index is 0.0106. The summed E-state index contributed by atoms with van der Waals surface area (Å²) >= 11 is 0. The number of carboxylic acids is 1. The minimum atomic E-state index is -1.04. The average molecular weight is 479 g/mol. The molecule has 0 aromatic heterocycles. The molecule has 2 amide bonds. The summed E-state index contributed by atoms with van der Waals surface area (Å²) in [6.07, 6.45) is 1.84. The molecule has 1 fully saturated rings. The van der Waals surface area contributed by atoms with Crippen LogP contribution in [0.5, 0.6) is 0 Å². The third-order valence-corrected chi connectivity index (χ3v) is 7.25. The number of rotatable bonds is 7. The maximum atomic E-state index is 12.9. The molecule has 3 N–H and O–H groups in total. The van der Waals surface area contributed by atoms with Crippen LogP contribution in [0.15, 0.2) is 48.5 Å². The van der Waals surface area contributed by atoms with Gasteiger partial charge in [0.1, 0.15) is 12.6 Å². The third-order valence-electron chi connectivity index (χ3n) is 7.25. The molecule has 2 aromatic rings. The van der Waals surface area contributed by atoms with Crippen LogP contribution in [0.25, 0.3) is 11.1 Å². The molecule has 0 saturated heterocycles. The number of nitrogens with one attached hydrogen (secondary N) is 2. The maximum absolute atomic E-state index is 12.9. The zero-order valence-electron chi connectivity index (χ0n) is 20.5. The van der Waals surface area contributed by atoms with Crippen molar-refractivity contribution in [3.05, 3.63) is 59.7 Å². The van der Waals surface area contributed by atoms with E-state index in [4.69, 9.17) is 4.74 Å². The van der Waals surface area contributed by atoms with E-state index in [9.17, 15) is 19.5 Å². The zero-order valence-corrected chi connectivity index (χ0v) is 20.5. The molecule has 35 heavy (non-hydrogen) atoms. The lowest BCUT2D eigenvalue weighted by Gasteiger charge is -2.30. The highest BCUT2D eigenvalue weighted by Crippen LogP contribution is 2.44. The Balaban J connectivity index is 1.32. The van der Waals surface area contributed by atoms with E-state index in [0.717, 1.165) is 24.0 Å². The molecule has 186 valence electrons. The molecule has 0 radical (unpaired) electrons. The molecule has 0 aliphatic heterocycles. The van der Waals surface area contributed by atoms with E-state index < -0.39 is 23.5 Å². The number of alkyl carbamates (subject to hydrolysis) is 1. The van der Waals surface area contributed by atoms with Crippen molar-refractivity contribution >= 4 is 18.0 Å². The van der Waals surface area contributed by atoms with Gasteiger partial charge in [0.25, 0.3) is 0 Å². The molecular formula is C28H34N2O5. The molecule has 7 nitrogen and oxygen atoms in total.